The highest BCUT2D eigenvalue weighted by atomic mass is 79.9. The van der Waals surface area contributed by atoms with E-state index in [-0.39, 0.29) is 12.2 Å². The van der Waals surface area contributed by atoms with Crippen molar-refractivity contribution in [2.75, 3.05) is 0 Å². The smallest absolute Gasteiger partial charge is 0.336 e. The molecule has 0 unspecified atom stereocenters. The van der Waals surface area contributed by atoms with E-state index in [9.17, 15) is 9.90 Å². The summed E-state index contributed by atoms with van der Waals surface area (Å²) in [5, 5.41) is 9.19. The van der Waals surface area contributed by atoms with Gasteiger partial charge in [-0.2, -0.15) is 0 Å². The summed E-state index contributed by atoms with van der Waals surface area (Å²) in [6, 6.07) is 22.7. The highest BCUT2D eigenvalue weighted by Crippen LogP contribution is 2.24. The molecule has 4 heteroatoms. The Morgan fingerprint density at radius 1 is 0.875 bits per heavy atom. The zero-order chi connectivity index (χ0) is 16.9. The number of hydrogen-bond acceptors (Lipinski definition) is 2. The lowest BCUT2D eigenvalue weighted by molar-refractivity contribution is 0.0694. The number of rotatable bonds is 5. The molecule has 3 aromatic rings. The molecular weight excluding hydrogens is 368 g/mol. The van der Waals surface area contributed by atoms with Gasteiger partial charge < -0.3 is 9.84 Å². The van der Waals surface area contributed by atoms with Crippen molar-refractivity contribution in [3.8, 4) is 16.9 Å². The summed E-state index contributed by atoms with van der Waals surface area (Å²) in [5.74, 6) is -0.240. The number of aromatic carboxylic acids is 1. The highest BCUT2D eigenvalue weighted by molar-refractivity contribution is 9.10. The minimum atomic E-state index is -0.945. The standard InChI is InChI=1S/C20H15BrO3/c21-17-9-5-14(6-10-17)15-7-11-18(12-8-15)24-13-16-3-1-2-4-19(16)20(22)23/h1-12H,13H2,(H,22,23). The van der Waals surface area contributed by atoms with E-state index >= 15 is 0 Å². The van der Waals surface area contributed by atoms with Crippen molar-refractivity contribution in [2.24, 2.45) is 0 Å². The minimum Gasteiger partial charge on any atom is -0.489 e. The number of carboxylic acids is 1. The second-order valence-corrected chi connectivity index (χ2v) is 6.20. The van der Waals surface area contributed by atoms with Gasteiger partial charge in [0.25, 0.3) is 0 Å². The molecule has 3 rings (SSSR count). The predicted octanol–water partition coefficient (Wildman–Crippen LogP) is 5.39. The van der Waals surface area contributed by atoms with Gasteiger partial charge in [0.05, 0.1) is 5.56 Å². The number of ether oxygens (including phenoxy) is 1. The summed E-state index contributed by atoms with van der Waals surface area (Å²) < 4.78 is 6.77. The van der Waals surface area contributed by atoms with Crippen LogP contribution in [0.3, 0.4) is 0 Å². The SMILES string of the molecule is O=C(O)c1ccccc1COc1ccc(-c2ccc(Br)cc2)cc1. The summed E-state index contributed by atoms with van der Waals surface area (Å²) in [4.78, 5) is 11.2. The van der Waals surface area contributed by atoms with Gasteiger partial charge >= 0.3 is 5.97 Å². The third kappa shape index (κ3) is 3.84. The molecule has 0 radical (unpaired) electrons. The number of hydrogen-bond donors (Lipinski definition) is 1. The average Bonchev–Trinajstić information content (AvgIpc) is 2.61. The number of halogens is 1. The summed E-state index contributed by atoms with van der Waals surface area (Å²) in [6.45, 7) is 0.222. The maximum atomic E-state index is 11.2. The molecule has 0 aliphatic rings. The lowest BCUT2D eigenvalue weighted by Gasteiger charge is -2.09. The molecule has 0 aliphatic heterocycles. The number of carbonyl (C=O) groups is 1. The van der Waals surface area contributed by atoms with E-state index in [1.165, 1.54) is 0 Å². The van der Waals surface area contributed by atoms with Crippen molar-refractivity contribution in [3.05, 3.63) is 88.4 Å². The summed E-state index contributed by atoms with van der Waals surface area (Å²) in [5.41, 5.74) is 3.15. The maximum absolute atomic E-state index is 11.2. The monoisotopic (exact) mass is 382 g/mol. The molecule has 0 saturated carbocycles. The van der Waals surface area contributed by atoms with Crippen LogP contribution in [0.15, 0.2) is 77.3 Å². The van der Waals surface area contributed by atoms with Gasteiger partial charge in [0, 0.05) is 10.0 Å². The summed E-state index contributed by atoms with van der Waals surface area (Å²) in [6.07, 6.45) is 0. The molecule has 0 aromatic heterocycles. The fraction of sp³-hybridized carbons (Fsp3) is 0.0500. The molecule has 0 spiro atoms. The van der Waals surface area contributed by atoms with Gasteiger partial charge in [-0.1, -0.05) is 58.4 Å². The Kier molecular flexibility index (Phi) is 4.96. The Hall–Kier alpha value is -2.59. The molecule has 0 bridgehead atoms. The third-order valence-electron chi connectivity index (χ3n) is 3.67. The van der Waals surface area contributed by atoms with Crippen LogP contribution >= 0.6 is 15.9 Å². The zero-order valence-corrected chi connectivity index (χ0v) is 14.4. The molecular formula is C20H15BrO3. The van der Waals surface area contributed by atoms with Crippen molar-refractivity contribution >= 4 is 21.9 Å². The molecule has 0 fully saturated rings. The van der Waals surface area contributed by atoms with E-state index in [0.717, 1.165) is 15.6 Å². The number of carboxylic acid groups (broad SMARTS) is 1. The molecule has 3 aromatic carbocycles. The highest BCUT2D eigenvalue weighted by Gasteiger charge is 2.09. The molecule has 0 heterocycles. The van der Waals surface area contributed by atoms with E-state index < -0.39 is 5.97 Å². The van der Waals surface area contributed by atoms with Gasteiger partial charge in [-0.25, -0.2) is 4.79 Å². The van der Waals surface area contributed by atoms with E-state index in [1.807, 2.05) is 54.6 Å². The van der Waals surface area contributed by atoms with Crippen LogP contribution in [0.1, 0.15) is 15.9 Å². The lowest BCUT2D eigenvalue weighted by Crippen LogP contribution is -2.05. The van der Waals surface area contributed by atoms with Crippen LogP contribution in [-0.2, 0) is 6.61 Å². The van der Waals surface area contributed by atoms with E-state index in [1.54, 1.807) is 18.2 Å². The quantitative estimate of drug-likeness (QED) is 0.642. The van der Waals surface area contributed by atoms with E-state index in [2.05, 4.69) is 15.9 Å². The first-order chi connectivity index (χ1) is 11.6. The Labute approximate surface area is 148 Å². The van der Waals surface area contributed by atoms with Gasteiger partial charge in [0.15, 0.2) is 0 Å². The van der Waals surface area contributed by atoms with E-state index in [4.69, 9.17) is 4.74 Å². The van der Waals surface area contributed by atoms with Crippen LogP contribution in [0.4, 0.5) is 0 Å². The maximum Gasteiger partial charge on any atom is 0.336 e. The van der Waals surface area contributed by atoms with Crippen molar-refractivity contribution in [1.29, 1.82) is 0 Å². The lowest BCUT2D eigenvalue weighted by atomic mass is 10.1. The fourth-order valence-electron chi connectivity index (χ4n) is 2.40. The molecule has 120 valence electrons. The van der Waals surface area contributed by atoms with Crippen LogP contribution < -0.4 is 4.74 Å². The largest absolute Gasteiger partial charge is 0.489 e. The first-order valence-corrected chi connectivity index (χ1v) is 8.23. The van der Waals surface area contributed by atoms with Crippen molar-refractivity contribution in [1.82, 2.24) is 0 Å². The first-order valence-electron chi connectivity index (χ1n) is 7.43. The van der Waals surface area contributed by atoms with Gasteiger partial charge in [-0.05, 0) is 41.5 Å². The van der Waals surface area contributed by atoms with Crippen LogP contribution in [0.25, 0.3) is 11.1 Å². The van der Waals surface area contributed by atoms with Gasteiger partial charge in [-0.15, -0.1) is 0 Å². The molecule has 0 aliphatic carbocycles. The predicted molar refractivity (Wildman–Crippen MR) is 97.3 cm³/mol. The molecule has 24 heavy (non-hydrogen) atoms. The Morgan fingerprint density at radius 3 is 2.08 bits per heavy atom. The topological polar surface area (TPSA) is 46.5 Å². The van der Waals surface area contributed by atoms with Crippen LogP contribution in [0, 0.1) is 0 Å². The number of benzene rings is 3. The van der Waals surface area contributed by atoms with Crippen molar-refractivity contribution in [2.45, 2.75) is 6.61 Å². The van der Waals surface area contributed by atoms with E-state index in [0.29, 0.717) is 11.3 Å². The second-order valence-electron chi connectivity index (χ2n) is 5.28. The molecule has 3 nitrogen and oxygen atoms in total. The minimum absolute atomic E-state index is 0.222. The third-order valence-corrected chi connectivity index (χ3v) is 4.20. The van der Waals surface area contributed by atoms with Gasteiger partial charge in [0.1, 0.15) is 12.4 Å². The average molecular weight is 383 g/mol. The Morgan fingerprint density at radius 2 is 1.46 bits per heavy atom. The fourth-order valence-corrected chi connectivity index (χ4v) is 2.67. The normalized spacial score (nSPS) is 10.4. The van der Waals surface area contributed by atoms with Crippen molar-refractivity contribution < 1.29 is 14.6 Å². The Balaban J connectivity index is 1.71. The molecule has 0 amide bonds. The van der Waals surface area contributed by atoms with Crippen LogP contribution in [0.5, 0.6) is 5.75 Å². The van der Waals surface area contributed by atoms with Gasteiger partial charge in [0.2, 0.25) is 0 Å². The molecule has 0 atom stereocenters. The summed E-state index contributed by atoms with van der Waals surface area (Å²) in [7, 11) is 0. The first kappa shape index (κ1) is 16.3. The molecule has 1 N–H and O–H groups in total. The summed E-state index contributed by atoms with van der Waals surface area (Å²) >= 11 is 3.43. The van der Waals surface area contributed by atoms with Crippen LogP contribution in [0.2, 0.25) is 0 Å². The zero-order valence-electron chi connectivity index (χ0n) is 12.8. The van der Waals surface area contributed by atoms with Crippen LogP contribution in [-0.4, -0.2) is 11.1 Å². The Bertz CT molecular complexity index is 840. The van der Waals surface area contributed by atoms with Crippen molar-refractivity contribution in [3.63, 3.8) is 0 Å². The van der Waals surface area contributed by atoms with Gasteiger partial charge in [-0.3, -0.25) is 0 Å². The molecule has 0 saturated heterocycles. The second kappa shape index (κ2) is 7.32.